The standard InChI is InChI=1S/C15H26N6O2/c1-20-6-3-2-4-12(10-20)8-16-14(22)21-7-5-15(23,11-21)13-9-17-19-18-13/h9,12,23H,2-8,10-11H2,1H3,(H,16,22)(H,17,18,19). The number of nitrogens with one attached hydrogen (secondary N) is 2. The molecule has 3 rings (SSSR count). The monoisotopic (exact) mass is 322 g/mol. The Labute approximate surface area is 136 Å². The van der Waals surface area contributed by atoms with Gasteiger partial charge in [-0.15, -0.1) is 0 Å². The summed E-state index contributed by atoms with van der Waals surface area (Å²) < 4.78 is 0. The average Bonchev–Trinajstić information content (AvgIpc) is 3.15. The van der Waals surface area contributed by atoms with E-state index in [2.05, 4.69) is 32.7 Å². The fourth-order valence-electron chi connectivity index (χ4n) is 3.55. The topological polar surface area (TPSA) is 97.4 Å². The third kappa shape index (κ3) is 3.81. The number of likely N-dealkylation sites (tertiary alicyclic amines) is 2. The summed E-state index contributed by atoms with van der Waals surface area (Å²) in [4.78, 5) is 16.4. The minimum atomic E-state index is -1.09. The van der Waals surface area contributed by atoms with Gasteiger partial charge in [-0.3, -0.25) is 0 Å². The Morgan fingerprint density at radius 2 is 2.39 bits per heavy atom. The van der Waals surface area contributed by atoms with E-state index in [1.165, 1.54) is 19.0 Å². The number of rotatable bonds is 3. The predicted octanol–water partition coefficient (Wildman–Crippen LogP) is 0.140. The van der Waals surface area contributed by atoms with E-state index in [0.29, 0.717) is 31.1 Å². The van der Waals surface area contributed by atoms with Gasteiger partial charge < -0.3 is 20.2 Å². The van der Waals surface area contributed by atoms with Crippen molar-refractivity contribution in [2.45, 2.75) is 31.3 Å². The zero-order chi connectivity index (χ0) is 16.3. The van der Waals surface area contributed by atoms with Crippen LogP contribution in [0.25, 0.3) is 0 Å². The van der Waals surface area contributed by atoms with E-state index in [4.69, 9.17) is 0 Å². The van der Waals surface area contributed by atoms with E-state index < -0.39 is 5.60 Å². The average molecular weight is 322 g/mol. The van der Waals surface area contributed by atoms with Crippen molar-refractivity contribution in [3.05, 3.63) is 11.9 Å². The van der Waals surface area contributed by atoms with Gasteiger partial charge in [-0.25, -0.2) is 4.79 Å². The Morgan fingerprint density at radius 3 is 3.17 bits per heavy atom. The first kappa shape index (κ1) is 16.2. The molecule has 8 nitrogen and oxygen atoms in total. The summed E-state index contributed by atoms with van der Waals surface area (Å²) in [5.41, 5.74) is -0.592. The minimum Gasteiger partial charge on any atom is -0.381 e. The van der Waals surface area contributed by atoms with Gasteiger partial charge >= 0.3 is 6.03 Å². The first-order valence-corrected chi connectivity index (χ1v) is 8.37. The number of aromatic nitrogens is 3. The van der Waals surface area contributed by atoms with Crippen LogP contribution in [0.4, 0.5) is 4.79 Å². The molecule has 2 unspecified atom stereocenters. The molecule has 8 heteroatoms. The zero-order valence-electron chi connectivity index (χ0n) is 13.7. The van der Waals surface area contributed by atoms with Crippen molar-refractivity contribution in [2.24, 2.45) is 5.92 Å². The van der Waals surface area contributed by atoms with Crippen LogP contribution in [0, 0.1) is 5.92 Å². The summed E-state index contributed by atoms with van der Waals surface area (Å²) >= 11 is 0. The van der Waals surface area contributed by atoms with Crippen molar-refractivity contribution in [1.29, 1.82) is 0 Å². The van der Waals surface area contributed by atoms with E-state index in [1.807, 2.05) is 0 Å². The number of H-pyrrole nitrogens is 1. The number of aromatic amines is 1. The highest BCUT2D eigenvalue weighted by molar-refractivity contribution is 5.74. The van der Waals surface area contributed by atoms with Gasteiger partial charge in [0.25, 0.3) is 0 Å². The highest BCUT2D eigenvalue weighted by atomic mass is 16.3. The highest BCUT2D eigenvalue weighted by Gasteiger charge is 2.41. The van der Waals surface area contributed by atoms with Gasteiger partial charge in [0.1, 0.15) is 11.3 Å². The van der Waals surface area contributed by atoms with Crippen LogP contribution in [0.5, 0.6) is 0 Å². The van der Waals surface area contributed by atoms with Crippen molar-refractivity contribution in [3.63, 3.8) is 0 Å². The van der Waals surface area contributed by atoms with Crippen molar-refractivity contribution in [2.75, 3.05) is 39.8 Å². The Morgan fingerprint density at radius 1 is 1.52 bits per heavy atom. The van der Waals surface area contributed by atoms with Gasteiger partial charge in [0.05, 0.1) is 12.7 Å². The summed E-state index contributed by atoms with van der Waals surface area (Å²) in [6, 6.07) is -0.101. The van der Waals surface area contributed by atoms with E-state index in [0.717, 1.165) is 19.5 Å². The molecule has 3 N–H and O–H groups in total. The number of aliphatic hydroxyl groups is 1. The Kier molecular flexibility index (Phi) is 4.82. The molecule has 3 heterocycles. The molecule has 2 fully saturated rings. The normalized spacial score (nSPS) is 29.5. The molecule has 1 aromatic rings. The first-order valence-electron chi connectivity index (χ1n) is 8.37. The smallest absolute Gasteiger partial charge is 0.317 e. The van der Waals surface area contributed by atoms with Crippen LogP contribution in [0.2, 0.25) is 0 Å². The maximum Gasteiger partial charge on any atom is 0.317 e. The van der Waals surface area contributed by atoms with Crippen LogP contribution in [-0.2, 0) is 5.60 Å². The number of carbonyl (C=O) groups excluding carboxylic acids is 1. The molecule has 1 aromatic heterocycles. The van der Waals surface area contributed by atoms with Crippen LogP contribution in [0.15, 0.2) is 6.20 Å². The van der Waals surface area contributed by atoms with Crippen LogP contribution in [0.3, 0.4) is 0 Å². The van der Waals surface area contributed by atoms with Crippen LogP contribution < -0.4 is 5.32 Å². The van der Waals surface area contributed by atoms with Crippen LogP contribution >= 0.6 is 0 Å². The van der Waals surface area contributed by atoms with Gasteiger partial charge in [0.2, 0.25) is 0 Å². The molecule has 2 atom stereocenters. The lowest BCUT2D eigenvalue weighted by Gasteiger charge is -2.24. The third-order valence-electron chi connectivity index (χ3n) is 4.94. The molecule has 0 aliphatic carbocycles. The molecule has 2 saturated heterocycles. The van der Waals surface area contributed by atoms with E-state index in [9.17, 15) is 9.90 Å². The summed E-state index contributed by atoms with van der Waals surface area (Å²) in [5.74, 6) is 0.503. The fourth-order valence-corrected chi connectivity index (χ4v) is 3.55. The van der Waals surface area contributed by atoms with Crippen molar-refractivity contribution < 1.29 is 9.90 Å². The number of hydrogen-bond donors (Lipinski definition) is 3. The quantitative estimate of drug-likeness (QED) is 0.735. The van der Waals surface area contributed by atoms with E-state index in [-0.39, 0.29) is 12.6 Å². The lowest BCUT2D eigenvalue weighted by Crippen LogP contribution is -2.43. The molecule has 0 saturated carbocycles. The fraction of sp³-hybridized carbons (Fsp3) is 0.800. The van der Waals surface area contributed by atoms with Crippen LogP contribution in [0.1, 0.15) is 31.4 Å². The molecule has 0 aromatic carbocycles. The summed E-state index contributed by atoms with van der Waals surface area (Å²) in [6.07, 6.45) is 5.62. The molecule has 0 radical (unpaired) electrons. The molecular weight excluding hydrogens is 296 g/mol. The second kappa shape index (κ2) is 6.84. The lowest BCUT2D eigenvalue weighted by atomic mass is 10.0. The molecule has 2 amide bonds. The number of nitrogens with zero attached hydrogens (tertiary/aromatic N) is 4. The molecule has 23 heavy (non-hydrogen) atoms. The summed E-state index contributed by atoms with van der Waals surface area (Å²) in [6.45, 7) is 3.65. The zero-order valence-corrected chi connectivity index (χ0v) is 13.7. The Bertz CT molecular complexity index is 522. The van der Waals surface area contributed by atoms with Gasteiger partial charge in [-0.1, -0.05) is 6.42 Å². The van der Waals surface area contributed by atoms with Crippen molar-refractivity contribution in [1.82, 2.24) is 30.5 Å². The number of β-amino-alcohol motifs (C(OH)–C–C–N with tert-alkyl or cyclic N) is 1. The summed E-state index contributed by atoms with van der Waals surface area (Å²) in [5, 5.41) is 23.8. The van der Waals surface area contributed by atoms with E-state index >= 15 is 0 Å². The number of amides is 2. The number of carbonyl (C=O) groups is 1. The van der Waals surface area contributed by atoms with Gasteiger partial charge in [0, 0.05) is 26.1 Å². The Hall–Kier alpha value is -1.67. The van der Waals surface area contributed by atoms with E-state index in [1.54, 1.807) is 4.90 Å². The molecule has 2 aliphatic heterocycles. The first-order chi connectivity index (χ1) is 11.1. The van der Waals surface area contributed by atoms with Crippen molar-refractivity contribution >= 4 is 6.03 Å². The molecule has 2 aliphatic rings. The van der Waals surface area contributed by atoms with Gasteiger partial charge in [0.15, 0.2) is 0 Å². The number of hydrogen-bond acceptors (Lipinski definition) is 5. The predicted molar refractivity (Wildman–Crippen MR) is 84.7 cm³/mol. The molecular formula is C15H26N6O2. The lowest BCUT2D eigenvalue weighted by molar-refractivity contribution is 0.0449. The van der Waals surface area contributed by atoms with Gasteiger partial charge in [-0.05, 0) is 32.4 Å². The SMILES string of the molecule is CN1CCCCC(CNC(=O)N2CCC(O)(c3cn[nH]n3)C2)C1. The van der Waals surface area contributed by atoms with Crippen molar-refractivity contribution in [3.8, 4) is 0 Å². The second-order valence-electron chi connectivity index (χ2n) is 6.87. The minimum absolute atomic E-state index is 0.101. The molecule has 0 bridgehead atoms. The largest absolute Gasteiger partial charge is 0.381 e. The van der Waals surface area contributed by atoms with Gasteiger partial charge in [-0.2, -0.15) is 15.4 Å². The summed E-state index contributed by atoms with van der Waals surface area (Å²) in [7, 11) is 2.14. The second-order valence-corrected chi connectivity index (χ2v) is 6.87. The maximum absolute atomic E-state index is 12.4. The Balaban J connectivity index is 1.49. The highest BCUT2D eigenvalue weighted by Crippen LogP contribution is 2.30. The molecule has 0 spiro atoms. The number of urea groups is 1. The third-order valence-corrected chi connectivity index (χ3v) is 4.94. The maximum atomic E-state index is 12.4. The van der Waals surface area contributed by atoms with Crippen LogP contribution in [-0.4, -0.2) is 76.1 Å². The molecule has 128 valence electrons.